The summed E-state index contributed by atoms with van der Waals surface area (Å²) >= 11 is 0. The molecule has 3 heteroatoms. The molecule has 0 fully saturated rings. The molecule has 0 aliphatic carbocycles. The second-order valence-corrected chi connectivity index (χ2v) is 2.77. The lowest BCUT2D eigenvalue weighted by atomic mass is 10.2. The van der Waals surface area contributed by atoms with Crippen molar-refractivity contribution in [1.82, 2.24) is 0 Å². The molecular weight excluding hydrogens is 168 g/mol. The molecule has 0 amide bonds. The van der Waals surface area contributed by atoms with Gasteiger partial charge in [0, 0.05) is 0 Å². The molecule has 0 saturated carbocycles. The highest BCUT2D eigenvalue weighted by Gasteiger charge is 1.94. The largest absolute Gasteiger partial charge is 0.494 e. The number of ether oxygens (including phenoxy) is 1. The van der Waals surface area contributed by atoms with Crippen molar-refractivity contribution in [3.63, 3.8) is 0 Å². The van der Waals surface area contributed by atoms with E-state index in [1.165, 1.54) is 0 Å². The molecule has 1 aromatic rings. The minimum atomic E-state index is 0.216. The van der Waals surface area contributed by atoms with Crippen LogP contribution in [-0.2, 0) is 11.5 Å². The van der Waals surface area contributed by atoms with Crippen LogP contribution in [0.5, 0.6) is 5.75 Å². The van der Waals surface area contributed by atoms with Gasteiger partial charge in [-0.25, -0.2) is 4.89 Å². The van der Waals surface area contributed by atoms with Gasteiger partial charge in [-0.05, 0) is 24.1 Å². The summed E-state index contributed by atoms with van der Waals surface area (Å²) in [5, 5.41) is 8.20. The Bertz CT molecular complexity index is 230. The fourth-order valence-corrected chi connectivity index (χ4v) is 0.976. The highest BCUT2D eigenvalue weighted by molar-refractivity contribution is 5.26. The van der Waals surface area contributed by atoms with Crippen molar-refractivity contribution in [3.05, 3.63) is 29.8 Å². The Morgan fingerprint density at radius 2 is 1.92 bits per heavy atom. The standard InChI is InChI=1S/C10H14O3/c1-2-7-12-10-5-3-9(4-6-10)8-13-11/h3-6,11H,2,7-8H2,1H3. The van der Waals surface area contributed by atoms with Gasteiger partial charge in [0.1, 0.15) is 12.4 Å². The highest BCUT2D eigenvalue weighted by Crippen LogP contribution is 2.12. The van der Waals surface area contributed by atoms with E-state index in [1.807, 2.05) is 24.3 Å². The van der Waals surface area contributed by atoms with Crippen LogP contribution < -0.4 is 4.74 Å². The van der Waals surface area contributed by atoms with Crippen molar-refractivity contribution in [3.8, 4) is 5.75 Å². The molecule has 1 aromatic carbocycles. The number of hydrogen-bond acceptors (Lipinski definition) is 3. The Kier molecular flexibility index (Phi) is 4.29. The van der Waals surface area contributed by atoms with Gasteiger partial charge < -0.3 is 4.74 Å². The van der Waals surface area contributed by atoms with Crippen LogP contribution in [0.25, 0.3) is 0 Å². The first kappa shape index (κ1) is 10.0. The van der Waals surface area contributed by atoms with Crippen molar-refractivity contribution in [2.24, 2.45) is 0 Å². The summed E-state index contributed by atoms with van der Waals surface area (Å²) in [5.41, 5.74) is 0.923. The zero-order valence-electron chi connectivity index (χ0n) is 7.69. The molecule has 1 rings (SSSR count). The SMILES string of the molecule is CCCOc1ccc(COO)cc1. The smallest absolute Gasteiger partial charge is 0.119 e. The first-order valence-corrected chi connectivity index (χ1v) is 4.35. The fourth-order valence-electron chi connectivity index (χ4n) is 0.976. The second kappa shape index (κ2) is 5.56. The van der Waals surface area contributed by atoms with E-state index < -0.39 is 0 Å². The Morgan fingerprint density at radius 1 is 1.23 bits per heavy atom. The molecule has 0 spiro atoms. The molecule has 0 heterocycles. The number of hydrogen-bond donors (Lipinski definition) is 1. The lowest BCUT2D eigenvalue weighted by Gasteiger charge is -2.04. The minimum Gasteiger partial charge on any atom is -0.494 e. The molecule has 13 heavy (non-hydrogen) atoms. The maximum atomic E-state index is 8.20. The molecule has 0 radical (unpaired) electrons. The van der Waals surface area contributed by atoms with Crippen LogP contribution in [-0.4, -0.2) is 11.9 Å². The van der Waals surface area contributed by atoms with Gasteiger partial charge >= 0.3 is 0 Å². The molecule has 3 nitrogen and oxygen atoms in total. The van der Waals surface area contributed by atoms with E-state index in [0.29, 0.717) is 0 Å². The zero-order valence-corrected chi connectivity index (χ0v) is 7.69. The maximum absolute atomic E-state index is 8.20. The van der Waals surface area contributed by atoms with Crippen molar-refractivity contribution >= 4 is 0 Å². The second-order valence-electron chi connectivity index (χ2n) is 2.77. The van der Waals surface area contributed by atoms with Crippen LogP contribution in [0.15, 0.2) is 24.3 Å². The van der Waals surface area contributed by atoms with Gasteiger partial charge in [0.05, 0.1) is 6.61 Å². The van der Waals surface area contributed by atoms with Crippen molar-refractivity contribution < 1.29 is 14.9 Å². The fraction of sp³-hybridized carbons (Fsp3) is 0.400. The molecule has 0 aromatic heterocycles. The Morgan fingerprint density at radius 3 is 2.46 bits per heavy atom. The van der Waals surface area contributed by atoms with E-state index in [4.69, 9.17) is 9.99 Å². The molecular formula is C10H14O3. The van der Waals surface area contributed by atoms with Crippen LogP contribution >= 0.6 is 0 Å². The number of rotatable bonds is 5. The van der Waals surface area contributed by atoms with Gasteiger partial charge in [0.2, 0.25) is 0 Å². The molecule has 72 valence electrons. The Labute approximate surface area is 77.8 Å². The summed E-state index contributed by atoms with van der Waals surface area (Å²) in [7, 11) is 0. The summed E-state index contributed by atoms with van der Waals surface area (Å²) < 4.78 is 5.38. The topological polar surface area (TPSA) is 38.7 Å². The van der Waals surface area contributed by atoms with Gasteiger partial charge in [-0.1, -0.05) is 19.1 Å². The normalized spacial score (nSPS) is 10.0. The maximum Gasteiger partial charge on any atom is 0.119 e. The summed E-state index contributed by atoms with van der Waals surface area (Å²) in [4.78, 5) is 4.01. The van der Waals surface area contributed by atoms with E-state index in [1.54, 1.807) is 0 Å². The third-order valence-corrected chi connectivity index (χ3v) is 1.63. The predicted octanol–water partition coefficient (Wildman–Crippen LogP) is 2.46. The molecule has 1 N–H and O–H groups in total. The lowest BCUT2D eigenvalue weighted by Crippen LogP contribution is -1.95. The third kappa shape index (κ3) is 3.44. The molecule has 0 saturated heterocycles. The van der Waals surface area contributed by atoms with Crippen LogP contribution in [0.4, 0.5) is 0 Å². The highest BCUT2D eigenvalue weighted by atomic mass is 17.1. The van der Waals surface area contributed by atoms with Gasteiger partial charge in [-0.3, -0.25) is 5.26 Å². The summed E-state index contributed by atoms with van der Waals surface area (Å²) in [6.45, 7) is 3.01. The van der Waals surface area contributed by atoms with E-state index in [2.05, 4.69) is 11.8 Å². The zero-order chi connectivity index (χ0) is 9.52. The van der Waals surface area contributed by atoms with Gasteiger partial charge in [-0.15, -0.1) is 0 Å². The van der Waals surface area contributed by atoms with E-state index >= 15 is 0 Å². The molecule has 0 unspecified atom stereocenters. The molecule has 0 atom stereocenters. The van der Waals surface area contributed by atoms with Crippen molar-refractivity contribution in [1.29, 1.82) is 0 Å². The average molecular weight is 182 g/mol. The number of benzene rings is 1. The van der Waals surface area contributed by atoms with E-state index in [0.717, 1.165) is 24.3 Å². The first-order valence-electron chi connectivity index (χ1n) is 4.35. The van der Waals surface area contributed by atoms with Crippen LogP contribution in [0.1, 0.15) is 18.9 Å². The third-order valence-electron chi connectivity index (χ3n) is 1.63. The average Bonchev–Trinajstić information content (AvgIpc) is 2.17. The Balaban J connectivity index is 2.48. The molecule has 0 bridgehead atoms. The summed E-state index contributed by atoms with van der Waals surface area (Å²) in [6, 6.07) is 7.45. The quantitative estimate of drug-likeness (QED) is 0.561. The van der Waals surface area contributed by atoms with Crippen molar-refractivity contribution in [2.75, 3.05) is 6.61 Å². The first-order chi connectivity index (χ1) is 6.36. The van der Waals surface area contributed by atoms with E-state index in [9.17, 15) is 0 Å². The van der Waals surface area contributed by atoms with E-state index in [-0.39, 0.29) is 6.61 Å². The monoisotopic (exact) mass is 182 g/mol. The molecule has 0 aliphatic heterocycles. The minimum absolute atomic E-state index is 0.216. The van der Waals surface area contributed by atoms with Crippen LogP contribution in [0, 0.1) is 0 Å². The van der Waals surface area contributed by atoms with Gasteiger partial charge in [-0.2, -0.15) is 0 Å². The lowest BCUT2D eigenvalue weighted by molar-refractivity contribution is -0.253. The van der Waals surface area contributed by atoms with Gasteiger partial charge in [0.15, 0.2) is 0 Å². The van der Waals surface area contributed by atoms with Crippen LogP contribution in [0.2, 0.25) is 0 Å². The Hall–Kier alpha value is -1.06. The predicted molar refractivity (Wildman–Crippen MR) is 49.6 cm³/mol. The summed E-state index contributed by atoms with van der Waals surface area (Å²) in [6.07, 6.45) is 1.00. The van der Waals surface area contributed by atoms with Gasteiger partial charge in [0.25, 0.3) is 0 Å². The van der Waals surface area contributed by atoms with Crippen LogP contribution in [0.3, 0.4) is 0 Å². The summed E-state index contributed by atoms with van der Waals surface area (Å²) in [5.74, 6) is 0.850. The van der Waals surface area contributed by atoms with Crippen molar-refractivity contribution in [2.45, 2.75) is 20.0 Å². The molecule has 0 aliphatic rings.